The molecule has 39 heavy (non-hydrogen) atoms. The van der Waals surface area contributed by atoms with Crippen LogP contribution in [-0.2, 0) is 33.5 Å². The molecule has 0 aliphatic carbocycles. The molecule has 0 saturated carbocycles. The number of nitrogens with zero attached hydrogens (tertiary/aromatic N) is 5. The van der Waals surface area contributed by atoms with Crippen LogP contribution in [0.15, 0.2) is 48.8 Å². The van der Waals surface area contributed by atoms with E-state index in [9.17, 15) is 4.79 Å². The van der Waals surface area contributed by atoms with Gasteiger partial charge in [0.05, 0.1) is 11.6 Å². The number of piperazine rings is 1. The number of aryl methyl sites for hydroxylation is 2. The minimum atomic E-state index is -1.000. The maximum absolute atomic E-state index is 11.6. The normalized spacial score (nSPS) is 21.4. The Morgan fingerprint density at radius 3 is 2.56 bits per heavy atom. The highest BCUT2D eigenvalue weighted by molar-refractivity contribution is 6.35. The summed E-state index contributed by atoms with van der Waals surface area (Å²) in [7, 11) is 1.88. The number of ether oxygens (including phenoxy) is 3. The Hall–Kier alpha value is -2.85. The minimum Gasteiger partial charge on any atom is -0.491 e. The van der Waals surface area contributed by atoms with Crippen molar-refractivity contribution in [2.24, 2.45) is 7.05 Å². The predicted molar refractivity (Wildman–Crippen MR) is 149 cm³/mol. The third-order valence-electron chi connectivity index (χ3n) is 7.28. The minimum absolute atomic E-state index is 0.129. The Bertz CT molecular complexity index is 1280. The Morgan fingerprint density at radius 1 is 1.13 bits per heavy atom. The molecule has 0 N–H and O–H groups in total. The highest BCUT2D eigenvalue weighted by atomic mass is 35.5. The molecule has 1 aromatic heterocycles. The van der Waals surface area contributed by atoms with Crippen molar-refractivity contribution in [3.63, 3.8) is 0 Å². The van der Waals surface area contributed by atoms with Crippen LogP contribution in [0.3, 0.4) is 0 Å². The summed E-state index contributed by atoms with van der Waals surface area (Å²) in [5.41, 5.74) is 1.87. The fourth-order valence-electron chi connectivity index (χ4n) is 5.10. The maximum atomic E-state index is 11.6. The molecule has 2 aliphatic heterocycles. The molecule has 3 heterocycles. The molecule has 5 rings (SSSR count). The molecule has 2 fully saturated rings. The van der Waals surface area contributed by atoms with E-state index in [1.54, 1.807) is 30.1 Å². The quantitative estimate of drug-likeness (QED) is 0.373. The number of hydrogen-bond acceptors (Lipinski definition) is 7. The highest BCUT2D eigenvalue weighted by Gasteiger charge is 2.44. The van der Waals surface area contributed by atoms with Gasteiger partial charge in [-0.25, -0.2) is 4.98 Å². The molecule has 1 amide bonds. The maximum Gasteiger partial charge on any atom is 0.219 e. The zero-order chi connectivity index (χ0) is 27.4. The van der Waals surface area contributed by atoms with Gasteiger partial charge in [0.15, 0.2) is 5.79 Å². The summed E-state index contributed by atoms with van der Waals surface area (Å²) >= 11 is 12.8. The fourth-order valence-corrected chi connectivity index (χ4v) is 5.65. The van der Waals surface area contributed by atoms with E-state index in [-0.39, 0.29) is 12.0 Å². The van der Waals surface area contributed by atoms with E-state index >= 15 is 0 Å². The van der Waals surface area contributed by atoms with Crippen molar-refractivity contribution in [2.45, 2.75) is 38.1 Å². The number of benzene rings is 2. The van der Waals surface area contributed by atoms with Gasteiger partial charge in [-0.15, -0.1) is 0 Å². The molecular weight excluding hydrogens is 541 g/mol. The molecule has 2 atom stereocenters. The molecule has 2 aliphatic rings. The number of aromatic nitrogens is 3. The van der Waals surface area contributed by atoms with Crippen LogP contribution in [0.5, 0.6) is 5.75 Å². The van der Waals surface area contributed by atoms with Crippen molar-refractivity contribution in [1.29, 1.82) is 0 Å². The Kier molecular flexibility index (Phi) is 8.61. The summed E-state index contributed by atoms with van der Waals surface area (Å²) < 4.78 is 20.7. The average Bonchev–Trinajstić information content (AvgIpc) is 3.54. The van der Waals surface area contributed by atoms with Crippen LogP contribution in [0.4, 0.5) is 5.69 Å². The molecule has 0 radical (unpaired) electrons. The van der Waals surface area contributed by atoms with E-state index in [1.807, 2.05) is 30.1 Å². The molecule has 0 bridgehead atoms. The molecule has 208 valence electrons. The summed E-state index contributed by atoms with van der Waals surface area (Å²) in [6.07, 6.45) is 3.36. The van der Waals surface area contributed by atoms with Crippen molar-refractivity contribution in [1.82, 2.24) is 19.7 Å². The lowest BCUT2D eigenvalue weighted by atomic mass is 9.99. The number of halogens is 2. The number of carbonyl (C=O) groups excluding carboxylic acids is 1. The molecular formula is C28H33Cl2N5O4. The summed E-state index contributed by atoms with van der Waals surface area (Å²) in [6, 6.07) is 13.4. The van der Waals surface area contributed by atoms with E-state index in [0.29, 0.717) is 29.7 Å². The zero-order valence-electron chi connectivity index (χ0n) is 22.2. The number of rotatable bonds is 9. The van der Waals surface area contributed by atoms with Crippen LogP contribution in [-0.4, -0.2) is 71.1 Å². The number of amides is 1. The average molecular weight is 575 g/mol. The first-order chi connectivity index (χ1) is 18.8. The van der Waals surface area contributed by atoms with Crippen LogP contribution in [0, 0.1) is 0 Å². The van der Waals surface area contributed by atoms with Gasteiger partial charge in [0, 0.05) is 69.3 Å². The van der Waals surface area contributed by atoms with Crippen molar-refractivity contribution in [3.8, 4) is 5.75 Å². The van der Waals surface area contributed by atoms with Crippen molar-refractivity contribution >= 4 is 34.8 Å². The summed E-state index contributed by atoms with van der Waals surface area (Å²) in [5, 5.41) is 5.20. The van der Waals surface area contributed by atoms with Crippen molar-refractivity contribution in [3.05, 3.63) is 70.2 Å². The molecule has 0 spiro atoms. The van der Waals surface area contributed by atoms with Crippen LogP contribution in [0.2, 0.25) is 10.0 Å². The summed E-state index contributed by atoms with van der Waals surface area (Å²) in [6.45, 7) is 5.45. The molecule has 11 heteroatoms. The van der Waals surface area contributed by atoms with Gasteiger partial charge < -0.3 is 24.0 Å². The molecule has 9 nitrogen and oxygen atoms in total. The number of carbonyl (C=O) groups is 1. The lowest BCUT2D eigenvalue weighted by Gasteiger charge is -2.35. The van der Waals surface area contributed by atoms with E-state index in [4.69, 9.17) is 37.4 Å². The third-order valence-corrected chi connectivity index (χ3v) is 7.82. The molecule has 0 unspecified atom stereocenters. The van der Waals surface area contributed by atoms with Crippen molar-refractivity contribution < 1.29 is 19.0 Å². The monoisotopic (exact) mass is 573 g/mol. The highest BCUT2D eigenvalue weighted by Crippen LogP contribution is 2.42. The lowest BCUT2D eigenvalue weighted by Crippen LogP contribution is -2.48. The van der Waals surface area contributed by atoms with Gasteiger partial charge in [0.1, 0.15) is 30.6 Å². The second-order valence-corrected chi connectivity index (χ2v) is 10.7. The van der Waals surface area contributed by atoms with Crippen molar-refractivity contribution in [2.75, 3.05) is 44.3 Å². The molecule has 2 saturated heterocycles. The Labute approximate surface area is 238 Å². The van der Waals surface area contributed by atoms with E-state index in [1.165, 1.54) is 0 Å². The Balaban J connectivity index is 1.20. The van der Waals surface area contributed by atoms with Crippen LogP contribution in [0.1, 0.15) is 31.2 Å². The fraction of sp³-hybridized carbons (Fsp3) is 0.464. The summed E-state index contributed by atoms with van der Waals surface area (Å²) in [4.78, 5) is 20.1. The lowest BCUT2D eigenvalue weighted by molar-refractivity contribution is -0.184. The van der Waals surface area contributed by atoms with Crippen LogP contribution in [0.25, 0.3) is 0 Å². The van der Waals surface area contributed by atoms with Gasteiger partial charge in [-0.05, 0) is 42.8 Å². The van der Waals surface area contributed by atoms with Gasteiger partial charge >= 0.3 is 0 Å². The van der Waals surface area contributed by atoms with Gasteiger partial charge in [0.2, 0.25) is 5.91 Å². The van der Waals surface area contributed by atoms with E-state index in [0.717, 1.165) is 61.8 Å². The van der Waals surface area contributed by atoms with Gasteiger partial charge in [-0.3, -0.25) is 9.48 Å². The van der Waals surface area contributed by atoms with Gasteiger partial charge in [0.25, 0.3) is 0 Å². The SMILES string of the molecule is CC(=O)N1CCN(c2ccc(OC[C@H]3CO[C@](CCCc4ncnn4C)(c4ccc(Cl)cc4Cl)O3)cc2)CC1. The smallest absolute Gasteiger partial charge is 0.219 e. The van der Waals surface area contributed by atoms with Crippen LogP contribution < -0.4 is 9.64 Å². The van der Waals surface area contributed by atoms with Gasteiger partial charge in [-0.2, -0.15) is 5.10 Å². The topological polar surface area (TPSA) is 82.0 Å². The number of hydrogen-bond donors (Lipinski definition) is 0. The first-order valence-corrected chi connectivity index (χ1v) is 13.9. The number of anilines is 1. The largest absolute Gasteiger partial charge is 0.491 e. The third kappa shape index (κ3) is 6.49. The Morgan fingerprint density at radius 2 is 1.90 bits per heavy atom. The molecule has 2 aromatic carbocycles. The first kappa shape index (κ1) is 27.7. The standard InChI is InChI=1S/C28H33Cl2N5O4/c1-20(36)34-12-14-35(15-13-34)22-6-8-23(9-7-22)37-17-24-18-38-28(39-24,25-10-5-21(29)16-26(25)30)11-3-4-27-31-19-32-33(27)2/h5-10,16,19,24H,3-4,11-15,17-18H2,1-2H3/t24-,28-/m0/s1. The van der Waals surface area contributed by atoms with Crippen LogP contribution >= 0.6 is 23.2 Å². The molecule has 3 aromatic rings. The van der Waals surface area contributed by atoms with Gasteiger partial charge in [-0.1, -0.05) is 29.3 Å². The second-order valence-electron chi connectivity index (χ2n) is 9.88. The first-order valence-electron chi connectivity index (χ1n) is 13.2. The summed E-state index contributed by atoms with van der Waals surface area (Å²) in [5.74, 6) is 0.785. The second kappa shape index (κ2) is 12.1. The van der Waals surface area contributed by atoms with E-state index < -0.39 is 5.79 Å². The van der Waals surface area contributed by atoms with E-state index in [2.05, 4.69) is 27.1 Å². The zero-order valence-corrected chi connectivity index (χ0v) is 23.7. The predicted octanol–water partition coefficient (Wildman–Crippen LogP) is 4.46.